The first-order valence-electron chi connectivity index (χ1n) is 12.6. The molecule has 2 heterocycles. The molecule has 1 aliphatic heterocycles. The Morgan fingerprint density at radius 3 is 2.49 bits per heavy atom. The summed E-state index contributed by atoms with van der Waals surface area (Å²) in [6.07, 6.45) is 5.21. The number of carbonyl (C=O) groups is 3. The summed E-state index contributed by atoms with van der Waals surface area (Å²) in [5, 5.41) is 15.4. The van der Waals surface area contributed by atoms with Gasteiger partial charge in [-0.1, -0.05) is 31.9 Å². The molecule has 4 rings (SSSR count). The third kappa shape index (κ3) is 5.69. The molecular weight excluding hydrogens is 496 g/mol. The van der Waals surface area contributed by atoms with Crippen LogP contribution in [-0.2, 0) is 27.8 Å². The van der Waals surface area contributed by atoms with Gasteiger partial charge in [-0.15, -0.1) is 0 Å². The molecule has 11 nitrogen and oxygen atoms in total. The van der Waals surface area contributed by atoms with Crippen molar-refractivity contribution in [3.05, 3.63) is 47.3 Å². The molecule has 1 aliphatic carbocycles. The molecule has 2 aromatic rings. The van der Waals surface area contributed by atoms with E-state index in [1.165, 1.54) is 22.9 Å². The van der Waals surface area contributed by atoms with Crippen LogP contribution >= 0.6 is 0 Å². The first kappa shape index (κ1) is 26.8. The highest BCUT2D eigenvalue weighted by Gasteiger charge is 2.48. The predicted molar refractivity (Wildman–Crippen MR) is 136 cm³/mol. The van der Waals surface area contributed by atoms with Crippen molar-refractivity contribution in [1.29, 1.82) is 0 Å². The number of hydrogen-bond donors (Lipinski definition) is 3. The number of hydrogen-bond acceptors (Lipinski definition) is 6. The summed E-state index contributed by atoms with van der Waals surface area (Å²) < 4.78 is 24.2. The molecule has 0 saturated heterocycles. The summed E-state index contributed by atoms with van der Waals surface area (Å²) in [5.74, 6) is -0.949. The summed E-state index contributed by atoms with van der Waals surface area (Å²) in [4.78, 5) is 41.2. The third-order valence-corrected chi connectivity index (χ3v) is 8.04. The lowest BCUT2D eigenvalue weighted by molar-refractivity contribution is -0.133. The molecule has 1 aromatic carbocycles. The Hall–Kier alpha value is -3.25. The van der Waals surface area contributed by atoms with Crippen molar-refractivity contribution in [3.63, 3.8) is 0 Å². The fourth-order valence-electron chi connectivity index (χ4n) is 4.99. The van der Waals surface area contributed by atoms with E-state index < -0.39 is 21.5 Å². The quantitative estimate of drug-likeness (QED) is 0.442. The van der Waals surface area contributed by atoms with Crippen LogP contribution in [0.4, 0.5) is 0 Å². The van der Waals surface area contributed by atoms with Gasteiger partial charge in [0, 0.05) is 25.2 Å². The van der Waals surface area contributed by atoms with Gasteiger partial charge in [-0.25, -0.2) is 13.6 Å². The maximum Gasteiger partial charge on any atom is 0.273 e. The number of primary sulfonamides is 1. The highest BCUT2D eigenvalue weighted by Crippen LogP contribution is 2.29. The first-order chi connectivity index (χ1) is 17.5. The van der Waals surface area contributed by atoms with E-state index in [2.05, 4.69) is 15.7 Å². The van der Waals surface area contributed by atoms with Gasteiger partial charge in [0.25, 0.3) is 11.8 Å². The summed E-state index contributed by atoms with van der Waals surface area (Å²) in [7, 11) is -3.76. The van der Waals surface area contributed by atoms with Crippen LogP contribution in [0, 0.1) is 0 Å². The molecule has 0 bridgehead atoms. The van der Waals surface area contributed by atoms with Gasteiger partial charge in [-0.2, -0.15) is 5.10 Å². The second-order valence-corrected chi connectivity index (χ2v) is 11.5. The Morgan fingerprint density at radius 1 is 1.19 bits per heavy atom. The Morgan fingerprint density at radius 2 is 1.86 bits per heavy atom. The highest BCUT2D eigenvalue weighted by molar-refractivity contribution is 7.89. The second kappa shape index (κ2) is 10.6. The van der Waals surface area contributed by atoms with Gasteiger partial charge in [-0.05, 0) is 50.3 Å². The number of fused-ring (bicyclic) bond motifs is 1. The zero-order valence-corrected chi connectivity index (χ0v) is 22.0. The smallest absolute Gasteiger partial charge is 0.273 e. The van der Waals surface area contributed by atoms with Crippen LogP contribution < -0.4 is 15.8 Å². The standard InChI is InChI=1S/C25H34N6O5S/c1-3-14-30-23(33)21-15-20(22(32)27-13-12-17-8-10-19(11-9-17)37(26,35)36)29-31(21)16-25(30,2)24(34)28-18-6-4-5-7-18/h8-11,15,18H,3-7,12-14,16H2,1-2H3,(H,27,32)(H,28,34)(H2,26,35,36)/t25-/m0/s1. The largest absolute Gasteiger partial charge is 0.351 e. The van der Waals surface area contributed by atoms with Crippen LogP contribution in [0.25, 0.3) is 0 Å². The van der Waals surface area contributed by atoms with Crippen LogP contribution in [0.2, 0.25) is 0 Å². The molecule has 0 spiro atoms. The predicted octanol–water partition coefficient (Wildman–Crippen LogP) is 1.19. The van der Waals surface area contributed by atoms with Gasteiger partial charge in [0.1, 0.15) is 11.2 Å². The van der Waals surface area contributed by atoms with Crippen molar-refractivity contribution < 1.29 is 22.8 Å². The molecule has 2 aliphatic rings. The number of aromatic nitrogens is 2. The van der Waals surface area contributed by atoms with Crippen molar-refractivity contribution in [1.82, 2.24) is 25.3 Å². The lowest BCUT2D eigenvalue weighted by Gasteiger charge is -2.43. The zero-order valence-electron chi connectivity index (χ0n) is 21.2. The van der Waals surface area contributed by atoms with Gasteiger partial charge in [0.15, 0.2) is 5.69 Å². The monoisotopic (exact) mass is 530 g/mol. The minimum absolute atomic E-state index is 0.0228. The lowest BCUT2D eigenvalue weighted by atomic mass is 9.94. The number of amides is 3. The van der Waals surface area contributed by atoms with Crippen LogP contribution in [0.3, 0.4) is 0 Å². The van der Waals surface area contributed by atoms with Gasteiger partial charge >= 0.3 is 0 Å². The fourth-order valence-corrected chi connectivity index (χ4v) is 5.51. The van der Waals surface area contributed by atoms with Crippen molar-refractivity contribution in [2.45, 2.75) is 75.4 Å². The fraction of sp³-hybridized carbons (Fsp3) is 0.520. The van der Waals surface area contributed by atoms with Crippen molar-refractivity contribution in [2.75, 3.05) is 13.1 Å². The summed E-state index contributed by atoms with van der Waals surface area (Å²) in [6.45, 7) is 4.58. The van der Waals surface area contributed by atoms with Gasteiger partial charge in [-0.3, -0.25) is 19.1 Å². The Balaban J connectivity index is 1.44. The highest BCUT2D eigenvalue weighted by atomic mass is 32.2. The third-order valence-electron chi connectivity index (χ3n) is 7.11. The topological polar surface area (TPSA) is 156 Å². The first-order valence-corrected chi connectivity index (χ1v) is 14.2. The van der Waals surface area contributed by atoms with Crippen LogP contribution in [0.5, 0.6) is 0 Å². The van der Waals surface area contributed by atoms with Gasteiger partial charge in [0.2, 0.25) is 15.9 Å². The molecule has 200 valence electrons. The lowest BCUT2D eigenvalue weighted by Crippen LogP contribution is -2.65. The molecule has 1 aromatic heterocycles. The Bertz CT molecular complexity index is 1280. The van der Waals surface area contributed by atoms with Crippen molar-refractivity contribution in [2.24, 2.45) is 5.14 Å². The van der Waals surface area contributed by atoms with E-state index in [9.17, 15) is 22.8 Å². The number of nitrogens with zero attached hydrogens (tertiary/aromatic N) is 3. The number of nitrogens with two attached hydrogens (primary N) is 1. The summed E-state index contributed by atoms with van der Waals surface area (Å²) in [6, 6.07) is 7.71. The van der Waals surface area contributed by atoms with Crippen LogP contribution in [0.15, 0.2) is 35.2 Å². The van der Waals surface area contributed by atoms with E-state index in [1.54, 1.807) is 24.0 Å². The molecule has 0 unspecified atom stereocenters. The van der Waals surface area contributed by atoms with Crippen LogP contribution in [0.1, 0.15) is 72.5 Å². The van der Waals surface area contributed by atoms with Crippen molar-refractivity contribution >= 4 is 27.7 Å². The van der Waals surface area contributed by atoms with Crippen molar-refractivity contribution in [3.8, 4) is 0 Å². The van der Waals surface area contributed by atoms with E-state index in [0.717, 1.165) is 31.2 Å². The molecule has 4 N–H and O–H groups in total. The molecule has 12 heteroatoms. The molecule has 1 saturated carbocycles. The van der Waals surface area contributed by atoms with Gasteiger partial charge in [0.05, 0.1) is 11.4 Å². The SMILES string of the molecule is CCCN1C(=O)c2cc(C(=O)NCCc3ccc(S(N)(=O)=O)cc3)nn2C[C@@]1(C)C(=O)NC1CCCC1. The average Bonchev–Trinajstić information content (AvgIpc) is 3.51. The molecule has 1 fully saturated rings. The molecule has 3 amide bonds. The normalized spacial score (nSPS) is 20.1. The summed E-state index contributed by atoms with van der Waals surface area (Å²) >= 11 is 0. The maximum absolute atomic E-state index is 13.4. The van der Waals surface area contributed by atoms with E-state index in [0.29, 0.717) is 19.4 Å². The van der Waals surface area contributed by atoms with E-state index in [-0.39, 0.29) is 47.2 Å². The molecule has 37 heavy (non-hydrogen) atoms. The van der Waals surface area contributed by atoms with Gasteiger partial charge < -0.3 is 15.5 Å². The van der Waals surface area contributed by atoms with E-state index in [1.807, 2.05) is 6.92 Å². The number of carbonyl (C=O) groups excluding carboxylic acids is 3. The van der Waals surface area contributed by atoms with Crippen LogP contribution in [-0.4, -0.2) is 65.5 Å². The summed E-state index contributed by atoms with van der Waals surface area (Å²) in [5.41, 5.74) is 0.102. The maximum atomic E-state index is 13.4. The zero-order chi connectivity index (χ0) is 26.8. The minimum atomic E-state index is -3.76. The molecule has 1 atom stereocenters. The number of nitrogens with one attached hydrogen (secondary N) is 2. The second-order valence-electron chi connectivity index (χ2n) is 9.95. The average molecular weight is 531 g/mol. The van der Waals surface area contributed by atoms with E-state index in [4.69, 9.17) is 5.14 Å². The Labute approximate surface area is 216 Å². The Kier molecular flexibility index (Phi) is 7.69. The number of sulfonamides is 1. The minimum Gasteiger partial charge on any atom is -0.351 e. The molecule has 0 radical (unpaired) electrons. The number of rotatable bonds is 9. The van der Waals surface area contributed by atoms with E-state index >= 15 is 0 Å². The number of benzene rings is 1. The molecular formula is C25H34N6O5S.